The average molecular weight is 158 g/mol. The van der Waals surface area contributed by atoms with E-state index in [1.165, 1.54) is 0 Å². The zero-order valence-corrected chi connectivity index (χ0v) is 7.43. The van der Waals surface area contributed by atoms with Crippen molar-refractivity contribution in [2.24, 2.45) is 0 Å². The molecule has 0 heterocycles. The van der Waals surface area contributed by atoms with Crippen LogP contribution < -0.4 is 0 Å². The first-order valence-electron chi connectivity index (χ1n) is 3.55. The Kier molecular flexibility index (Phi) is 11.1. The van der Waals surface area contributed by atoms with Crippen LogP contribution in [0.4, 0.5) is 0 Å². The Morgan fingerprint density at radius 3 is 1.45 bits per heavy atom. The number of rotatable bonds is 3. The maximum Gasteiger partial charge on any atom is 0.0636 e. The number of aliphatic hydroxyl groups excluding tert-OH is 2. The second kappa shape index (κ2) is 9.40. The Bertz CT molecular complexity index is 117. The fraction of sp³-hybridized carbons (Fsp3) is 0.556. The molecular formula is C9H18O2. The summed E-state index contributed by atoms with van der Waals surface area (Å²) in [6.07, 6.45) is 0.736. The van der Waals surface area contributed by atoms with Gasteiger partial charge in [-0.25, -0.2) is 0 Å². The third-order valence-electron chi connectivity index (χ3n) is 0.808. The minimum atomic E-state index is 0.111. The molecule has 0 aromatic carbocycles. The van der Waals surface area contributed by atoms with Crippen molar-refractivity contribution in [1.82, 2.24) is 0 Å². The fourth-order valence-electron chi connectivity index (χ4n) is 0.191. The Morgan fingerprint density at radius 2 is 1.45 bits per heavy atom. The van der Waals surface area contributed by atoms with Crippen molar-refractivity contribution in [3.63, 3.8) is 0 Å². The average Bonchev–Trinajstić information content (AvgIpc) is 1.89. The molecule has 2 heteroatoms. The van der Waals surface area contributed by atoms with Crippen LogP contribution in [-0.2, 0) is 0 Å². The van der Waals surface area contributed by atoms with E-state index >= 15 is 0 Å². The predicted octanol–water partition coefficient (Wildman–Crippen LogP) is 1.50. The number of aliphatic hydroxyl groups is 2. The van der Waals surface area contributed by atoms with Crippen molar-refractivity contribution < 1.29 is 10.2 Å². The van der Waals surface area contributed by atoms with Crippen molar-refractivity contribution in [3.05, 3.63) is 24.3 Å². The van der Waals surface area contributed by atoms with E-state index < -0.39 is 0 Å². The molecule has 0 spiro atoms. The van der Waals surface area contributed by atoms with Crippen molar-refractivity contribution >= 4 is 0 Å². The maximum atomic E-state index is 8.18. The molecule has 11 heavy (non-hydrogen) atoms. The molecule has 0 aliphatic rings. The lowest BCUT2D eigenvalue weighted by atomic mass is 10.3. The quantitative estimate of drug-likeness (QED) is 0.611. The molecular weight excluding hydrogens is 140 g/mol. The maximum absolute atomic E-state index is 8.18. The van der Waals surface area contributed by atoms with E-state index in [1.54, 1.807) is 6.92 Å². The standard InChI is InChI=1S/C5H10O.C4H8O/c1-5(2)3-4-6;1-4(2)3-5/h6H,1,3-4H2,2H3;5H,1,3H2,2H3. The van der Waals surface area contributed by atoms with Crippen molar-refractivity contribution in [1.29, 1.82) is 0 Å². The normalized spacial score (nSPS) is 8.00. The third-order valence-corrected chi connectivity index (χ3v) is 0.808. The van der Waals surface area contributed by atoms with Gasteiger partial charge in [-0.2, -0.15) is 0 Å². The molecule has 0 saturated carbocycles. The highest BCUT2D eigenvalue weighted by Crippen LogP contribution is 1.90. The SMILES string of the molecule is C=C(C)CCO.C=C(C)CO. The first-order valence-corrected chi connectivity index (χ1v) is 3.55. The Balaban J connectivity index is 0. The summed E-state index contributed by atoms with van der Waals surface area (Å²) >= 11 is 0. The third kappa shape index (κ3) is 26.6. The monoisotopic (exact) mass is 158 g/mol. The summed E-state index contributed by atoms with van der Waals surface area (Å²) in [7, 11) is 0. The van der Waals surface area contributed by atoms with Crippen LogP contribution in [0.3, 0.4) is 0 Å². The molecule has 0 bridgehead atoms. The van der Waals surface area contributed by atoms with Gasteiger partial charge in [0.1, 0.15) is 0 Å². The summed E-state index contributed by atoms with van der Waals surface area (Å²) in [6.45, 7) is 11.0. The molecule has 0 aliphatic carbocycles. The lowest BCUT2D eigenvalue weighted by Gasteiger charge is -1.87. The summed E-state index contributed by atoms with van der Waals surface area (Å²) < 4.78 is 0. The highest BCUT2D eigenvalue weighted by atomic mass is 16.3. The summed E-state index contributed by atoms with van der Waals surface area (Å²) in [4.78, 5) is 0. The van der Waals surface area contributed by atoms with Gasteiger partial charge in [0.2, 0.25) is 0 Å². The molecule has 0 aromatic rings. The van der Waals surface area contributed by atoms with E-state index in [2.05, 4.69) is 13.2 Å². The van der Waals surface area contributed by atoms with Gasteiger partial charge >= 0.3 is 0 Å². The van der Waals surface area contributed by atoms with Crippen LogP contribution in [0.5, 0.6) is 0 Å². The summed E-state index contributed by atoms with van der Waals surface area (Å²) in [6, 6.07) is 0. The Labute approximate surface area is 68.9 Å². The minimum absolute atomic E-state index is 0.111. The van der Waals surface area contributed by atoms with Crippen LogP contribution in [0, 0.1) is 0 Å². The van der Waals surface area contributed by atoms with E-state index in [0.717, 1.165) is 17.6 Å². The second-order valence-electron chi connectivity index (χ2n) is 2.55. The van der Waals surface area contributed by atoms with Crippen LogP contribution >= 0.6 is 0 Å². The Hall–Kier alpha value is -0.600. The molecule has 0 radical (unpaired) electrons. The van der Waals surface area contributed by atoms with E-state index in [4.69, 9.17) is 10.2 Å². The lowest BCUT2D eigenvalue weighted by Crippen LogP contribution is -1.79. The van der Waals surface area contributed by atoms with Gasteiger partial charge in [-0.05, 0) is 20.3 Å². The Morgan fingerprint density at radius 1 is 1.09 bits per heavy atom. The molecule has 0 rings (SSSR count). The molecule has 2 N–H and O–H groups in total. The van der Waals surface area contributed by atoms with Crippen LogP contribution in [0.1, 0.15) is 20.3 Å². The van der Waals surface area contributed by atoms with Crippen molar-refractivity contribution in [2.45, 2.75) is 20.3 Å². The van der Waals surface area contributed by atoms with E-state index in [0.29, 0.717) is 0 Å². The van der Waals surface area contributed by atoms with Crippen molar-refractivity contribution in [3.8, 4) is 0 Å². The van der Waals surface area contributed by atoms with E-state index in [9.17, 15) is 0 Å². The lowest BCUT2D eigenvalue weighted by molar-refractivity contribution is 0.299. The first kappa shape index (κ1) is 13.0. The van der Waals surface area contributed by atoms with Gasteiger partial charge in [0, 0.05) is 6.61 Å². The second-order valence-corrected chi connectivity index (χ2v) is 2.55. The predicted molar refractivity (Wildman–Crippen MR) is 48.4 cm³/mol. The van der Waals surface area contributed by atoms with Gasteiger partial charge in [-0.1, -0.05) is 17.7 Å². The summed E-state index contributed by atoms with van der Waals surface area (Å²) in [5.41, 5.74) is 1.85. The molecule has 0 aromatic heterocycles. The van der Waals surface area contributed by atoms with Gasteiger partial charge in [0.05, 0.1) is 6.61 Å². The van der Waals surface area contributed by atoms with Gasteiger partial charge in [-0.15, -0.1) is 6.58 Å². The zero-order valence-electron chi connectivity index (χ0n) is 7.43. The molecule has 0 amide bonds. The summed E-state index contributed by atoms with van der Waals surface area (Å²) in [5.74, 6) is 0. The highest BCUT2D eigenvalue weighted by Gasteiger charge is 1.77. The summed E-state index contributed by atoms with van der Waals surface area (Å²) in [5, 5.41) is 16.2. The van der Waals surface area contributed by atoms with Gasteiger partial charge in [0.15, 0.2) is 0 Å². The molecule has 0 fully saturated rings. The molecule has 0 atom stereocenters. The molecule has 2 nitrogen and oxygen atoms in total. The number of hydrogen-bond donors (Lipinski definition) is 2. The van der Waals surface area contributed by atoms with Crippen molar-refractivity contribution in [2.75, 3.05) is 13.2 Å². The van der Waals surface area contributed by atoms with Crippen LogP contribution in [-0.4, -0.2) is 23.4 Å². The van der Waals surface area contributed by atoms with Gasteiger partial charge < -0.3 is 10.2 Å². The largest absolute Gasteiger partial charge is 0.396 e. The molecule has 66 valence electrons. The molecule has 0 unspecified atom stereocenters. The van der Waals surface area contributed by atoms with Gasteiger partial charge in [-0.3, -0.25) is 0 Å². The highest BCUT2D eigenvalue weighted by molar-refractivity contribution is 4.86. The molecule has 0 aliphatic heterocycles. The van der Waals surface area contributed by atoms with E-state index in [1.807, 2.05) is 6.92 Å². The van der Waals surface area contributed by atoms with Crippen LogP contribution in [0.25, 0.3) is 0 Å². The van der Waals surface area contributed by atoms with E-state index in [-0.39, 0.29) is 13.2 Å². The van der Waals surface area contributed by atoms with Gasteiger partial charge in [0.25, 0.3) is 0 Å². The fourth-order valence-corrected chi connectivity index (χ4v) is 0.191. The van der Waals surface area contributed by atoms with Crippen LogP contribution in [0.2, 0.25) is 0 Å². The smallest absolute Gasteiger partial charge is 0.0636 e. The molecule has 0 saturated heterocycles. The minimum Gasteiger partial charge on any atom is -0.396 e. The first-order chi connectivity index (χ1) is 5.04. The topological polar surface area (TPSA) is 40.5 Å². The number of hydrogen-bond acceptors (Lipinski definition) is 2. The van der Waals surface area contributed by atoms with Crippen LogP contribution in [0.15, 0.2) is 24.3 Å². The zero-order chi connectivity index (χ0) is 9.28.